The van der Waals surface area contributed by atoms with Crippen LogP contribution in [0.3, 0.4) is 0 Å². The van der Waals surface area contributed by atoms with Gasteiger partial charge in [-0.25, -0.2) is 4.79 Å². The Balaban J connectivity index is 1.64. The number of halogens is 1. The highest BCUT2D eigenvalue weighted by molar-refractivity contribution is 9.10. The maximum Gasteiger partial charge on any atom is 0.349 e. The van der Waals surface area contributed by atoms with Gasteiger partial charge in [-0.15, -0.1) is 11.8 Å². The molecule has 6 heteroatoms. The summed E-state index contributed by atoms with van der Waals surface area (Å²) in [6.07, 6.45) is 5.83. The van der Waals surface area contributed by atoms with Crippen LogP contribution in [0.15, 0.2) is 61.4 Å². The summed E-state index contributed by atoms with van der Waals surface area (Å²) < 4.78 is 8.29. The minimum Gasteiger partial charge on any atom is -0.467 e. The second-order valence-electron chi connectivity index (χ2n) is 6.41. The lowest BCUT2D eigenvalue weighted by Crippen LogP contribution is -2.30. The number of hydrogen-bond acceptors (Lipinski definition) is 4. The Hall–Kier alpha value is -1.79. The van der Waals surface area contributed by atoms with Crippen molar-refractivity contribution in [3.05, 3.63) is 80.2 Å². The maximum atomic E-state index is 12.7. The van der Waals surface area contributed by atoms with E-state index in [-0.39, 0.29) is 5.69 Å². The first-order valence-electron chi connectivity index (χ1n) is 8.73. The van der Waals surface area contributed by atoms with Crippen LogP contribution in [-0.2, 0) is 25.1 Å². The van der Waals surface area contributed by atoms with Crippen LogP contribution in [0, 0.1) is 0 Å². The van der Waals surface area contributed by atoms with Crippen molar-refractivity contribution in [3.8, 4) is 0 Å². The topological polar surface area (TPSA) is 48.0 Å². The molecule has 2 aromatic heterocycles. The third-order valence-electron chi connectivity index (χ3n) is 4.63. The summed E-state index contributed by atoms with van der Waals surface area (Å²) in [5.74, 6) is 1.60. The van der Waals surface area contributed by atoms with E-state index in [9.17, 15) is 4.79 Å². The van der Waals surface area contributed by atoms with Gasteiger partial charge >= 0.3 is 5.69 Å². The molecule has 3 aromatic rings. The maximum absolute atomic E-state index is 12.7. The lowest BCUT2D eigenvalue weighted by atomic mass is 9.97. The molecule has 0 fully saturated rings. The Morgan fingerprint density at radius 2 is 1.96 bits per heavy atom. The summed E-state index contributed by atoms with van der Waals surface area (Å²) in [5.41, 5.74) is 3.42. The van der Waals surface area contributed by atoms with E-state index in [0.29, 0.717) is 6.54 Å². The zero-order chi connectivity index (χ0) is 17.9. The lowest BCUT2D eigenvalue weighted by Gasteiger charge is -2.22. The summed E-state index contributed by atoms with van der Waals surface area (Å²) in [7, 11) is 0. The van der Waals surface area contributed by atoms with Crippen molar-refractivity contribution in [3.63, 3.8) is 0 Å². The van der Waals surface area contributed by atoms with Gasteiger partial charge in [0.15, 0.2) is 0 Å². The van der Waals surface area contributed by atoms with E-state index >= 15 is 0 Å². The molecule has 2 heterocycles. The Bertz CT molecular complexity index is 949. The third kappa shape index (κ3) is 3.81. The first kappa shape index (κ1) is 17.6. The molecule has 0 bridgehead atoms. The molecule has 0 aliphatic heterocycles. The minimum absolute atomic E-state index is 0.180. The number of furan rings is 1. The highest BCUT2D eigenvalue weighted by Crippen LogP contribution is 2.30. The van der Waals surface area contributed by atoms with Crippen LogP contribution in [0.5, 0.6) is 0 Å². The molecule has 4 nitrogen and oxygen atoms in total. The highest BCUT2D eigenvalue weighted by Gasteiger charge is 2.21. The summed E-state index contributed by atoms with van der Waals surface area (Å²) >= 11 is 5.12. The Morgan fingerprint density at radius 3 is 2.73 bits per heavy atom. The van der Waals surface area contributed by atoms with Gasteiger partial charge in [0, 0.05) is 21.5 Å². The largest absolute Gasteiger partial charge is 0.467 e. The molecule has 134 valence electrons. The second kappa shape index (κ2) is 7.84. The number of rotatable bonds is 5. The van der Waals surface area contributed by atoms with Crippen molar-refractivity contribution in [2.24, 2.45) is 0 Å². The highest BCUT2D eigenvalue weighted by atomic mass is 79.9. The molecule has 1 aliphatic carbocycles. The first-order chi connectivity index (χ1) is 12.7. The molecule has 0 N–H and O–H groups in total. The predicted molar refractivity (Wildman–Crippen MR) is 107 cm³/mol. The van der Waals surface area contributed by atoms with Gasteiger partial charge in [0.1, 0.15) is 10.8 Å². The standard InChI is InChI=1S/C20H19BrN2O2S/c21-15-9-7-14(8-10-15)13-26-19-17-5-1-2-6-18(17)23(20(24)22-19)12-16-4-3-11-25-16/h3-4,7-11H,1-2,5-6,12-13H2. The second-order valence-corrected chi connectivity index (χ2v) is 8.29. The minimum atomic E-state index is -0.180. The number of thioether (sulfide) groups is 1. The number of hydrogen-bond donors (Lipinski definition) is 0. The van der Waals surface area contributed by atoms with E-state index < -0.39 is 0 Å². The average Bonchev–Trinajstić information content (AvgIpc) is 3.17. The van der Waals surface area contributed by atoms with Crippen LogP contribution >= 0.6 is 27.7 Å². The van der Waals surface area contributed by atoms with Gasteiger partial charge in [-0.3, -0.25) is 4.57 Å². The fraction of sp³-hybridized carbons (Fsp3) is 0.300. The van der Waals surface area contributed by atoms with E-state index in [1.54, 1.807) is 22.6 Å². The van der Waals surface area contributed by atoms with E-state index in [1.807, 2.05) is 24.3 Å². The van der Waals surface area contributed by atoms with Crippen LogP contribution in [0.2, 0.25) is 0 Å². The molecule has 0 spiro atoms. The van der Waals surface area contributed by atoms with E-state index in [1.165, 1.54) is 11.1 Å². The van der Waals surface area contributed by atoms with Crippen LogP contribution in [-0.4, -0.2) is 9.55 Å². The SMILES string of the molecule is O=c1nc(SCc2ccc(Br)cc2)c2c(n1Cc1ccco1)CCCC2. The van der Waals surface area contributed by atoms with Crippen LogP contribution in [0.25, 0.3) is 0 Å². The first-order valence-corrected chi connectivity index (χ1v) is 10.5. The molecule has 0 radical (unpaired) electrons. The molecule has 0 saturated carbocycles. The van der Waals surface area contributed by atoms with Crippen molar-refractivity contribution >= 4 is 27.7 Å². The number of aromatic nitrogens is 2. The van der Waals surface area contributed by atoms with Gasteiger partial charge in [0.25, 0.3) is 0 Å². The Labute approximate surface area is 164 Å². The molecule has 26 heavy (non-hydrogen) atoms. The molecule has 0 amide bonds. The summed E-state index contributed by atoms with van der Waals surface area (Å²) in [4.78, 5) is 17.1. The van der Waals surface area contributed by atoms with E-state index in [2.05, 4.69) is 33.0 Å². The van der Waals surface area contributed by atoms with Crippen molar-refractivity contribution in [2.75, 3.05) is 0 Å². The van der Waals surface area contributed by atoms with Crippen LogP contribution in [0.4, 0.5) is 0 Å². The monoisotopic (exact) mass is 430 g/mol. The molecular formula is C20H19BrN2O2S. The average molecular weight is 431 g/mol. The molecule has 0 unspecified atom stereocenters. The fourth-order valence-electron chi connectivity index (χ4n) is 3.32. The Kier molecular flexibility index (Phi) is 5.31. The number of benzene rings is 1. The molecule has 1 aliphatic rings. The molecule has 4 rings (SSSR count). The smallest absolute Gasteiger partial charge is 0.349 e. The van der Waals surface area contributed by atoms with E-state index in [0.717, 1.165) is 52.4 Å². The molecule has 0 saturated heterocycles. The van der Waals surface area contributed by atoms with Crippen molar-refractivity contribution < 1.29 is 4.42 Å². The van der Waals surface area contributed by atoms with E-state index in [4.69, 9.17) is 4.42 Å². The van der Waals surface area contributed by atoms with Crippen LogP contribution < -0.4 is 5.69 Å². The predicted octanol–water partition coefficient (Wildman–Crippen LogP) is 4.82. The fourth-order valence-corrected chi connectivity index (χ4v) is 4.62. The van der Waals surface area contributed by atoms with Crippen molar-refractivity contribution in [1.29, 1.82) is 0 Å². The normalized spacial score (nSPS) is 13.6. The van der Waals surface area contributed by atoms with Gasteiger partial charge in [-0.1, -0.05) is 28.1 Å². The summed E-state index contributed by atoms with van der Waals surface area (Å²) in [6.45, 7) is 0.457. The molecule has 0 atom stereocenters. The van der Waals surface area contributed by atoms with Crippen molar-refractivity contribution in [1.82, 2.24) is 9.55 Å². The molecule has 1 aromatic carbocycles. The van der Waals surface area contributed by atoms with Gasteiger partial charge < -0.3 is 4.42 Å². The lowest BCUT2D eigenvalue weighted by molar-refractivity contribution is 0.471. The third-order valence-corrected chi connectivity index (χ3v) is 6.25. The summed E-state index contributed by atoms with van der Waals surface area (Å²) in [5, 5.41) is 0.892. The van der Waals surface area contributed by atoms with Crippen molar-refractivity contribution in [2.45, 2.75) is 43.0 Å². The Morgan fingerprint density at radius 1 is 1.15 bits per heavy atom. The van der Waals surface area contributed by atoms with Gasteiger partial charge in [-0.05, 0) is 55.5 Å². The van der Waals surface area contributed by atoms with Gasteiger partial charge in [-0.2, -0.15) is 4.98 Å². The summed E-state index contributed by atoms with van der Waals surface area (Å²) in [6, 6.07) is 12.0. The zero-order valence-electron chi connectivity index (χ0n) is 14.3. The zero-order valence-corrected chi connectivity index (χ0v) is 16.7. The quantitative estimate of drug-likeness (QED) is 0.430. The van der Waals surface area contributed by atoms with Gasteiger partial charge in [0.05, 0.1) is 12.8 Å². The van der Waals surface area contributed by atoms with Gasteiger partial charge in [0.2, 0.25) is 0 Å². The number of fused-ring (bicyclic) bond motifs is 1. The number of nitrogens with zero attached hydrogens (tertiary/aromatic N) is 2. The molecular weight excluding hydrogens is 412 g/mol. The van der Waals surface area contributed by atoms with Crippen LogP contribution in [0.1, 0.15) is 35.4 Å².